The third kappa shape index (κ3) is 1.74. The highest BCUT2D eigenvalue weighted by molar-refractivity contribution is 5.43. The van der Waals surface area contributed by atoms with Gasteiger partial charge in [0.15, 0.2) is 0 Å². The highest BCUT2D eigenvalue weighted by Gasteiger charge is 2.05. The van der Waals surface area contributed by atoms with Crippen LogP contribution in [0.25, 0.3) is 0 Å². The van der Waals surface area contributed by atoms with E-state index in [0.29, 0.717) is 6.54 Å². The third-order valence-corrected chi connectivity index (χ3v) is 1.94. The number of nitrogen functional groups attached to an aromatic ring is 1. The summed E-state index contributed by atoms with van der Waals surface area (Å²) in [4.78, 5) is 0. The lowest BCUT2D eigenvalue weighted by Gasteiger charge is -2.09. The van der Waals surface area contributed by atoms with Gasteiger partial charge in [0, 0.05) is 0 Å². The summed E-state index contributed by atoms with van der Waals surface area (Å²) in [7, 11) is 0. The van der Waals surface area contributed by atoms with Gasteiger partial charge < -0.3 is 11.5 Å². The van der Waals surface area contributed by atoms with E-state index in [1.807, 2.05) is 6.92 Å². The number of rotatable bonds is 2. The fraction of sp³-hybridized carbons (Fsp3) is 0.333. The molecular weight excluding hydrogens is 155 g/mol. The van der Waals surface area contributed by atoms with Crippen molar-refractivity contribution >= 4 is 5.69 Å². The molecule has 0 aliphatic heterocycles. The molecule has 12 heavy (non-hydrogen) atoms. The van der Waals surface area contributed by atoms with Crippen molar-refractivity contribution in [2.24, 2.45) is 5.73 Å². The second-order valence-electron chi connectivity index (χ2n) is 2.92. The van der Waals surface area contributed by atoms with Crippen LogP contribution >= 0.6 is 0 Å². The van der Waals surface area contributed by atoms with Crippen LogP contribution in [0.3, 0.4) is 0 Å². The Balaban J connectivity index is 2.96. The van der Waals surface area contributed by atoms with Gasteiger partial charge in [0.25, 0.3) is 0 Å². The molecule has 0 saturated heterocycles. The molecule has 66 valence electrons. The number of hydrogen-bond acceptors (Lipinski definition) is 2. The normalized spacial score (nSPS) is 12.9. The minimum absolute atomic E-state index is 0.188. The van der Waals surface area contributed by atoms with Gasteiger partial charge in [0.05, 0.1) is 5.69 Å². The molecule has 1 unspecified atom stereocenters. The van der Waals surface area contributed by atoms with Gasteiger partial charge in [-0.05, 0) is 30.2 Å². The first-order valence-electron chi connectivity index (χ1n) is 3.90. The van der Waals surface area contributed by atoms with E-state index in [9.17, 15) is 4.39 Å². The van der Waals surface area contributed by atoms with Crippen molar-refractivity contribution < 1.29 is 4.39 Å². The molecule has 1 atom stereocenters. The van der Waals surface area contributed by atoms with E-state index < -0.39 is 0 Å². The Bertz CT molecular complexity index is 273. The lowest BCUT2D eigenvalue weighted by Crippen LogP contribution is -2.09. The van der Waals surface area contributed by atoms with Gasteiger partial charge >= 0.3 is 0 Å². The summed E-state index contributed by atoms with van der Waals surface area (Å²) in [5.41, 5.74) is 12.0. The van der Waals surface area contributed by atoms with Crippen molar-refractivity contribution in [1.29, 1.82) is 0 Å². The Hall–Kier alpha value is -1.09. The van der Waals surface area contributed by atoms with E-state index in [1.165, 1.54) is 6.07 Å². The van der Waals surface area contributed by atoms with Crippen LogP contribution in [0.1, 0.15) is 18.4 Å². The summed E-state index contributed by atoms with van der Waals surface area (Å²) in [5, 5.41) is 0. The topological polar surface area (TPSA) is 52.0 Å². The summed E-state index contributed by atoms with van der Waals surface area (Å²) < 4.78 is 12.7. The summed E-state index contributed by atoms with van der Waals surface area (Å²) >= 11 is 0. The number of anilines is 1. The highest BCUT2D eigenvalue weighted by atomic mass is 19.1. The largest absolute Gasteiger partial charge is 0.396 e. The molecule has 0 bridgehead atoms. The second kappa shape index (κ2) is 3.54. The molecule has 0 radical (unpaired) electrons. The van der Waals surface area contributed by atoms with Gasteiger partial charge in [0.1, 0.15) is 5.82 Å². The predicted octanol–water partition coefficient (Wildman–Crippen LogP) is 1.47. The molecule has 0 heterocycles. The van der Waals surface area contributed by atoms with Crippen LogP contribution in [0.2, 0.25) is 0 Å². The molecule has 1 aromatic carbocycles. The lowest BCUT2D eigenvalue weighted by atomic mass is 10.0. The van der Waals surface area contributed by atoms with Crippen LogP contribution in [-0.4, -0.2) is 6.54 Å². The second-order valence-corrected chi connectivity index (χ2v) is 2.92. The van der Waals surface area contributed by atoms with E-state index in [-0.39, 0.29) is 17.4 Å². The standard InChI is InChI=1S/C9H13FN2/c1-6(5-11)7-2-3-8(10)9(12)4-7/h2-4,6H,5,11-12H2,1H3. The Labute approximate surface area is 71.4 Å². The number of hydrogen-bond donors (Lipinski definition) is 2. The molecule has 2 nitrogen and oxygen atoms in total. The van der Waals surface area contributed by atoms with Crippen molar-refractivity contribution in [3.63, 3.8) is 0 Å². The molecular formula is C9H13FN2. The molecule has 3 heteroatoms. The predicted molar refractivity (Wildman–Crippen MR) is 48.3 cm³/mol. The van der Waals surface area contributed by atoms with Gasteiger partial charge in [-0.15, -0.1) is 0 Å². The molecule has 0 aromatic heterocycles. The van der Waals surface area contributed by atoms with Gasteiger partial charge in [-0.1, -0.05) is 13.0 Å². The van der Waals surface area contributed by atoms with Crippen molar-refractivity contribution in [2.45, 2.75) is 12.8 Å². The Morgan fingerprint density at radius 2 is 2.17 bits per heavy atom. The SMILES string of the molecule is CC(CN)c1ccc(F)c(N)c1. The van der Waals surface area contributed by atoms with E-state index in [1.54, 1.807) is 12.1 Å². The zero-order chi connectivity index (χ0) is 9.14. The fourth-order valence-electron chi connectivity index (χ4n) is 1.00. The van der Waals surface area contributed by atoms with Crippen molar-refractivity contribution in [3.05, 3.63) is 29.6 Å². The molecule has 0 spiro atoms. The molecule has 1 aromatic rings. The van der Waals surface area contributed by atoms with E-state index in [0.717, 1.165) is 5.56 Å². The van der Waals surface area contributed by atoms with Crippen molar-refractivity contribution in [1.82, 2.24) is 0 Å². The zero-order valence-electron chi connectivity index (χ0n) is 7.05. The maximum Gasteiger partial charge on any atom is 0.146 e. The Morgan fingerprint density at radius 1 is 1.50 bits per heavy atom. The summed E-state index contributed by atoms with van der Waals surface area (Å²) in [6, 6.07) is 4.72. The molecule has 4 N–H and O–H groups in total. The first-order chi connectivity index (χ1) is 5.65. The molecule has 1 rings (SSSR count). The minimum atomic E-state index is -0.372. The minimum Gasteiger partial charge on any atom is -0.396 e. The monoisotopic (exact) mass is 168 g/mol. The number of nitrogens with two attached hydrogens (primary N) is 2. The average molecular weight is 168 g/mol. The van der Waals surface area contributed by atoms with Crippen LogP contribution in [0, 0.1) is 5.82 Å². The molecule has 0 amide bonds. The Kier molecular flexibility index (Phi) is 2.65. The van der Waals surface area contributed by atoms with Crippen molar-refractivity contribution in [2.75, 3.05) is 12.3 Å². The van der Waals surface area contributed by atoms with Crippen LogP contribution in [-0.2, 0) is 0 Å². The number of halogens is 1. The Morgan fingerprint density at radius 3 is 2.67 bits per heavy atom. The molecule has 0 aliphatic carbocycles. The van der Waals surface area contributed by atoms with Crippen LogP contribution < -0.4 is 11.5 Å². The molecule has 0 fully saturated rings. The summed E-state index contributed by atoms with van der Waals surface area (Å²) in [6.45, 7) is 2.53. The van der Waals surface area contributed by atoms with Gasteiger partial charge in [-0.2, -0.15) is 0 Å². The third-order valence-electron chi connectivity index (χ3n) is 1.94. The summed E-state index contributed by atoms with van der Waals surface area (Å²) in [5.74, 6) is -0.143. The van der Waals surface area contributed by atoms with Crippen LogP contribution in [0.5, 0.6) is 0 Å². The lowest BCUT2D eigenvalue weighted by molar-refractivity contribution is 0.630. The molecule has 0 saturated carbocycles. The van der Waals surface area contributed by atoms with E-state index in [2.05, 4.69) is 0 Å². The maximum atomic E-state index is 12.7. The van der Waals surface area contributed by atoms with Gasteiger partial charge in [-0.3, -0.25) is 0 Å². The van der Waals surface area contributed by atoms with Gasteiger partial charge in [0.2, 0.25) is 0 Å². The van der Waals surface area contributed by atoms with Gasteiger partial charge in [-0.25, -0.2) is 4.39 Å². The highest BCUT2D eigenvalue weighted by Crippen LogP contribution is 2.18. The zero-order valence-corrected chi connectivity index (χ0v) is 7.05. The quantitative estimate of drug-likeness (QED) is 0.657. The van der Waals surface area contributed by atoms with Crippen LogP contribution in [0.4, 0.5) is 10.1 Å². The fourth-order valence-corrected chi connectivity index (χ4v) is 1.00. The first kappa shape index (κ1) is 9.00. The number of benzene rings is 1. The van der Waals surface area contributed by atoms with E-state index in [4.69, 9.17) is 11.5 Å². The van der Waals surface area contributed by atoms with E-state index >= 15 is 0 Å². The summed E-state index contributed by atoms with van der Waals surface area (Å²) in [6.07, 6.45) is 0. The maximum absolute atomic E-state index is 12.7. The average Bonchev–Trinajstić information content (AvgIpc) is 2.08. The van der Waals surface area contributed by atoms with Crippen LogP contribution in [0.15, 0.2) is 18.2 Å². The smallest absolute Gasteiger partial charge is 0.146 e. The first-order valence-corrected chi connectivity index (χ1v) is 3.90. The molecule has 0 aliphatic rings. The van der Waals surface area contributed by atoms with Crippen molar-refractivity contribution in [3.8, 4) is 0 Å².